The van der Waals surface area contributed by atoms with E-state index in [1.54, 1.807) is 7.11 Å². The van der Waals surface area contributed by atoms with Gasteiger partial charge in [-0.15, -0.1) is 0 Å². The number of amides is 1. The van der Waals surface area contributed by atoms with Crippen molar-refractivity contribution < 1.29 is 19.4 Å². The third-order valence-corrected chi connectivity index (χ3v) is 5.23. The Hall–Kier alpha value is -1.63. The molecule has 6 nitrogen and oxygen atoms in total. The topological polar surface area (TPSA) is 71.0 Å². The van der Waals surface area contributed by atoms with Crippen LogP contribution in [0.3, 0.4) is 0 Å². The molecule has 1 amide bonds. The summed E-state index contributed by atoms with van der Waals surface area (Å²) in [5.41, 5.74) is 0.859. The highest BCUT2D eigenvalue weighted by atomic mass is 16.5. The lowest BCUT2D eigenvalue weighted by molar-refractivity contribution is -0.123. The molecule has 0 unspecified atom stereocenters. The van der Waals surface area contributed by atoms with Gasteiger partial charge in [0.15, 0.2) is 0 Å². The first-order chi connectivity index (χ1) is 12.2. The molecule has 2 aliphatic rings. The zero-order valence-corrected chi connectivity index (χ0v) is 14.8. The number of morpholine rings is 1. The molecule has 1 aliphatic heterocycles. The van der Waals surface area contributed by atoms with Crippen LogP contribution in [0.1, 0.15) is 24.8 Å². The van der Waals surface area contributed by atoms with Gasteiger partial charge in [0.05, 0.1) is 38.9 Å². The fourth-order valence-corrected chi connectivity index (χ4v) is 3.90. The summed E-state index contributed by atoms with van der Waals surface area (Å²) in [4.78, 5) is 14.8. The molecular weight excluding hydrogens is 320 g/mol. The quantitative estimate of drug-likeness (QED) is 0.830. The first-order valence-corrected chi connectivity index (χ1v) is 9.10. The van der Waals surface area contributed by atoms with Crippen LogP contribution in [0.4, 0.5) is 0 Å². The molecule has 1 heterocycles. The van der Waals surface area contributed by atoms with Crippen LogP contribution in [0.25, 0.3) is 0 Å². The average molecular weight is 348 g/mol. The highest BCUT2D eigenvalue weighted by molar-refractivity contribution is 5.79. The number of para-hydroxylation sites is 1. The molecule has 0 bridgehead atoms. The molecule has 3 atom stereocenters. The average Bonchev–Trinajstić information content (AvgIpc) is 2.64. The largest absolute Gasteiger partial charge is 0.496 e. The van der Waals surface area contributed by atoms with Gasteiger partial charge in [-0.2, -0.15) is 0 Å². The number of carbonyl (C=O) groups is 1. The van der Waals surface area contributed by atoms with E-state index in [-0.39, 0.29) is 24.4 Å². The number of aliphatic hydroxyl groups excluding tert-OH is 1. The van der Waals surface area contributed by atoms with Crippen molar-refractivity contribution in [2.75, 3.05) is 33.4 Å². The number of carbonyl (C=O) groups excluding carboxylic acids is 1. The Labute approximate surface area is 149 Å². The van der Waals surface area contributed by atoms with Gasteiger partial charge in [-0.1, -0.05) is 18.2 Å². The zero-order valence-electron chi connectivity index (χ0n) is 14.8. The van der Waals surface area contributed by atoms with Gasteiger partial charge < -0.3 is 19.9 Å². The molecule has 0 radical (unpaired) electrons. The second-order valence-corrected chi connectivity index (χ2v) is 6.80. The minimum Gasteiger partial charge on any atom is -0.496 e. The highest BCUT2D eigenvalue weighted by Gasteiger charge is 2.36. The number of benzene rings is 1. The predicted octanol–water partition coefficient (Wildman–Crippen LogP) is 0.968. The zero-order chi connectivity index (χ0) is 17.6. The van der Waals surface area contributed by atoms with Crippen LogP contribution < -0.4 is 10.1 Å². The number of hydrogen-bond donors (Lipinski definition) is 2. The number of nitrogens with one attached hydrogen (secondary N) is 1. The van der Waals surface area contributed by atoms with E-state index in [0.717, 1.165) is 37.9 Å². The number of rotatable bonds is 5. The Morgan fingerprint density at radius 1 is 1.32 bits per heavy atom. The lowest BCUT2D eigenvalue weighted by Gasteiger charge is -2.43. The summed E-state index contributed by atoms with van der Waals surface area (Å²) in [7, 11) is 1.61. The number of ether oxygens (including phenoxy) is 2. The highest BCUT2D eigenvalue weighted by Crippen LogP contribution is 2.25. The van der Waals surface area contributed by atoms with Gasteiger partial charge in [0, 0.05) is 24.7 Å². The van der Waals surface area contributed by atoms with Crippen molar-refractivity contribution in [2.45, 2.75) is 43.9 Å². The van der Waals surface area contributed by atoms with Crippen molar-refractivity contribution in [1.82, 2.24) is 10.2 Å². The molecule has 3 rings (SSSR count). The van der Waals surface area contributed by atoms with Gasteiger partial charge in [0.1, 0.15) is 5.75 Å². The summed E-state index contributed by atoms with van der Waals surface area (Å²) in [6, 6.07) is 7.45. The minimum absolute atomic E-state index is 0.0730. The van der Waals surface area contributed by atoms with E-state index in [2.05, 4.69) is 10.2 Å². The van der Waals surface area contributed by atoms with E-state index in [0.29, 0.717) is 19.0 Å². The summed E-state index contributed by atoms with van der Waals surface area (Å²) < 4.78 is 10.7. The van der Waals surface area contributed by atoms with Crippen molar-refractivity contribution in [3.05, 3.63) is 29.8 Å². The molecule has 0 spiro atoms. The summed E-state index contributed by atoms with van der Waals surface area (Å²) >= 11 is 0. The first-order valence-electron chi connectivity index (χ1n) is 9.10. The second-order valence-electron chi connectivity index (χ2n) is 6.80. The van der Waals surface area contributed by atoms with E-state index in [9.17, 15) is 9.90 Å². The molecule has 2 N–H and O–H groups in total. The standard InChI is InChI=1S/C19H28N2O4/c1-24-17-8-3-2-5-14(17)13-18(22)20-15-6-4-7-16(19(15)23)21-9-11-25-12-10-21/h2-3,5,8,15-16,19,23H,4,6-7,9-13H2,1H3,(H,20,22)/t15-,16-,19-/m1/s1. The Morgan fingerprint density at radius 3 is 2.84 bits per heavy atom. The fourth-order valence-electron chi connectivity index (χ4n) is 3.90. The molecule has 1 saturated carbocycles. The lowest BCUT2D eigenvalue weighted by atomic mass is 9.86. The number of aliphatic hydroxyl groups is 1. The minimum atomic E-state index is -0.534. The molecule has 1 saturated heterocycles. The Balaban J connectivity index is 1.58. The molecule has 1 aromatic carbocycles. The maximum absolute atomic E-state index is 12.5. The van der Waals surface area contributed by atoms with Crippen LogP contribution in [-0.4, -0.2) is 67.5 Å². The van der Waals surface area contributed by atoms with Gasteiger partial charge in [-0.25, -0.2) is 0 Å². The molecular formula is C19H28N2O4. The van der Waals surface area contributed by atoms with Crippen molar-refractivity contribution in [2.24, 2.45) is 0 Å². The van der Waals surface area contributed by atoms with Gasteiger partial charge in [-0.3, -0.25) is 9.69 Å². The third-order valence-electron chi connectivity index (χ3n) is 5.23. The summed E-state index contributed by atoms with van der Waals surface area (Å²) in [5, 5.41) is 13.8. The summed E-state index contributed by atoms with van der Waals surface area (Å²) in [5.74, 6) is 0.643. The molecule has 1 aromatic rings. The Kier molecular flexibility index (Phi) is 6.29. The SMILES string of the molecule is COc1ccccc1CC(=O)N[C@@H]1CCC[C@@H](N2CCOCC2)[C@@H]1O. The van der Waals surface area contributed by atoms with Crippen LogP contribution in [0, 0.1) is 0 Å². The van der Waals surface area contributed by atoms with Gasteiger partial charge >= 0.3 is 0 Å². The fraction of sp³-hybridized carbons (Fsp3) is 0.632. The molecule has 1 aliphatic carbocycles. The van der Waals surface area contributed by atoms with Crippen molar-refractivity contribution in [3.63, 3.8) is 0 Å². The molecule has 6 heteroatoms. The maximum Gasteiger partial charge on any atom is 0.224 e. The normalized spacial score (nSPS) is 27.7. The van der Waals surface area contributed by atoms with E-state index < -0.39 is 6.10 Å². The van der Waals surface area contributed by atoms with Crippen LogP contribution >= 0.6 is 0 Å². The summed E-state index contributed by atoms with van der Waals surface area (Å²) in [6.45, 7) is 3.13. The maximum atomic E-state index is 12.5. The van der Waals surface area contributed by atoms with Crippen LogP contribution in [0.15, 0.2) is 24.3 Å². The van der Waals surface area contributed by atoms with Crippen LogP contribution in [0.2, 0.25) is 0 Å². The van der Waals surface area contributed by atoms with E-state index >= 15 is 0 Å². The smallest absolute Gasteiger partial charge is 0.224 e. The third kappa shape index (κ3) is 4.51. The second kappa shape index (κ2) is 8.65. The monoisotopic (exact) mass is 348 g/mol. The van der Waals surface area contributed by atoms with E-state index in [4.69, 9.17) is 9.47 Å². The molecule has 138 valence electrons. The number of methoxy groups -OCH3 is 1. The number of nitrogens with zero attached hydrogens (tertiary/aromatic N) is 1. The van der Waals surface area contributed by atoms with E-state index in [1.807, 2.05) is 24.3 Å². The van der Waals surface area contributed by atoms with E-state index in [1.165, 1.54) is 0 Å². The van der Waals surface area contributed by atoms with Gasteiger partial charge in [0.2, 0.25) is 5.91 Å². The Bertz CT molecular complexity index is 574. The Morgan fingerprint density at radius 2 is 2.08 bits per heavy atom. The summed E-state index contributed by atoms with van der Waals surface area (Å²) in [6.07, 6.45) is 2.53. The van der Waals surface area contributed by atoms with Crippen molar-refractivity contribution in [1.29, 1.82) is 0 Å². The van der Waals surface area contributed by atoms with Crippen LogP contribution in [-0.2, 0) is 16.0 Å². The van der Waals surface area contributed by atoms with Gasteiger partial charge in [0.25, 0.3) is 0 Å². The predicted molar refractivity (Wildman–Crippen MR) is 94.7 cm³/mol. The molecule has 0 aromatic heterocycles. The van der Waals surface area contributed by atoms with Crippen LogP contribution in [0.5, 0.6) is 5.75 Å². The van der Waals surface area contributed by atoms with Crippen molar-refractivity contribution >= 4 is 5.91 Å². The molecule has 25 heavy (non-hydrogen) atoms. The molecule has 2 fully saturated rings. The lowest BCUT2D eigenvalue weighted by Crippen LogP contribution is -2.58. The number of hydrogen-bond acceptors (Lipinski definition) is 5. The van der Waals surface area contributed by atoms with Crippen molar-refractivity contribution in [3.8, 4) is 5.75 Å². The van der Waals surface area contributed by atoms with Gasteiger partial charge in [-0.05, 0) is 25.3 Å². The first kappa shape index (κ1) is 18.2.